The SMILES string of the molecule is CNC(COP)C(OP)C(C)C. The van der Waals surface area contributed by atoms with Crippen molar-refractivity contribution in [1.82, 2.24) is 5.32 Å². The van der Waals surface area contributed by atoms with E-state index < -0.39 is 0 Å². The second kappa shape index (κ2) is 7.17. The van der Waals surface area contributed by atoms with E-state index in [0.717, 1.165) is 0 Å². The van der Waals surface area contributed by atoms with Crippen LogP contribution in [0.5, 0.6) is 0 Å². The smallest absolute Gasteiger partial charge is 0.0809 e. The Morgan fingerprint density at radius 3 is 2.17 bits per heavy atom. The quantitative estimate of drug-likeness (QED) is 0.670. The minimum Gasteiger partial charge on any atom is -0.364 e. The van der Waals surface area contributed by atoms with Gasteiger partial charge in [0, 0.05) is 18.9 Å². The highest BCUT2D eigenvalue weighted by Crippen LogP contribution is 2.14. The molecular weight excluding hydrogens is 192 g/mol. The van der Waals surface area contributed by atoms with Gasteiger partial charge in [0.05, 0.1) is 18.8 Å². The average Bonchev–Trinajstić information content (AvgIpc) is 2.03. The molecule has 0 spiro atoms. The molecule has 0 heterocycles. The molecule has 1 N–H and O–H groups in total. The van der Waals surface area contributed by atoms with Gasteiger partial charge in [0.25, 0.3) is 0 Å². The van der Waals surface area contributed by atoms with Gasteiger partial charge in [0.1, 0.15) is 0 Å². The molecule has 0 aliphatic rings. The van der Waals surface area contributed by atoms with Crippen molar-refractivity contribution in [3.8, 4) is 0 Å². The number of rotatable bonds is 6. The predicted octanol–water partition coefficient (Wildman–Crippen LogP) is 1.21. The van der Waals surface area contributed by atoms with Crippen LogP contribution in [0.4, 0.5) is 0 Å². The lowest BCUT2D eigenvalue weighted by atomic mass is 10.0. The van der Waals surface area contributed by atoms with Crippen LogP contribution in [0.1, 0.15) is 13.8 Å². The van der Waals surface area contributed by atoms with Gasteiger partial charge in [-0.1, -0.05) is 13.8 Å². The lowest BCUT2D eigenvalue weighted by Gasteiger charge is -2.27. The molecule has 5 heteroatoms. The maximum absolute atomic E-state index is 5.28. The molecule has 0 saturated carbocycles. The van der Waals surface area contributed by atoms with Crippen LogP contribution in [0, 0.1) is 5.92 Å². The van der Waals surface area contributed by atoms with Crippen LogP contribution in [0.15, 0.2) is 0 Å². The molecule has 0 aliphatic carbocycles. The first kappa shape index (κ1) is 12.7. The van der Waals surface area contributed by atoms with E-state index >= 15 is 0 Å². The highest BCUT2D eigenvalue weighted by molar-refractivity contribution is 7.10. The third-order valence-electron chi connectivity index (χ3n) is 1.86. The third kappa shape index (κ3) is 4.11. The fraction of sp³-hybridized carbons (Fsp3) is 1.00. The first-order chi connectivity index (χ1) is 5.67. The fourth-order valence-corrected chi connectivity index (χ4v) is 1.87. The summed E-state index contributed by atoms with van der Waals surface area (Å²) in [5.41, 5.74) is 0. The minimum absolute atomic E-state index is 0.167. The zero-order valence-corrected chi connectivity index (χ0v) is 10.2. The van der Waals surface area contributed by atoms with Crippen LogP contribution < -0.4 is 5.32 Å². The standard InChI is InChI=1S/C7H19NO2P2/c1-5(2)7(10-12)6(8-3)4-9-11/h5-8H,4,11-12H2,1-3H3. The normalized spacial score (nSPS) is 16.5. The van der Waals surface area contributed by atoms with Gasteiger partial charge in [-0.05, 0) is 13.0 Å². The van der Waals surface area contributed by atoms with Crippen LogP contribution in [0.2, 0.25) is 0 Å². The summed E-state index contributed by atoms with van der Waals surface area (Å²) in [4.78, 5) is 0. The summed E-state index contributed by atoms with van der Waals surface area (Å²) >= 11 is 0. The van der Waals surface area contributed by atoms with E-state index in [1.807, 2.05) is 7.05 Å². The van der Waals surface area contributed by atoms with Crippen molar-refractivity contribution in [2.45, 2.75) is 26.0 Å². The summed E-state index contributed by atoms with van der Waals surface area (Å²) in [7, 11) is 6.47. The van der Waals surface area contributed by atoms with Crippen molar-refractivity contribution in [3.63, 3.8) is 0 Å². The van der Waals surface area contributed by atoms with Gasteiger partial charge in [-0.3, -0.25) is 0 Å². The van der Waals surface area contributed by atoms with E-state index in [9.17, 15) is 0 Å². The Labute approximate surface area is 79.5 Å². The van der Waals surface area contributed by atoms with Crippen molar-refractivity contribution in [2.75, 3.05) is 13.7 Å². The van der Waals surface area contributed by atoms with Crippen molar-refractivity contribution in [3.05, 3.63) is 0 Å². The van der Waals surface area contributed by atoms with Crippen molar-refractivity contribution in [1.29, 1.82) is 0 Å². The second-order valence-corrected chi connectivity index (χ2v) is 3.68. The molecule has 4 atom stereocenters. The van der Waals surface area contributed by atoms with Gasteiger partial charge in [-0.25, -0.2) is 0 Å². The second-order valence-electron chi connectivity index (χ2n) is 3.07. The Balaban J connectivity index is 4.02. The maximum Gasteiger partial charge on any atom is 0.0809 e. The van der Waals surface area contributed by atoms with E-state index in [2.05, 4.69) is 38.1 Å². The van der Waals surface area contributed by atoms with Crippen LogP contribution >= 0.6 is 18.9 Å². The maximum atomic E-state index is 5.28. The molecule has 0 amide bonds. The molecule has 0 radical (unpaired) electrons. The van der Waals surface area contributed by atoms with Crippen LogP contribution in [-0.4, -0.2) is 25.8 Å². The molecule has 0 fully saturated rings. The van der Waals surface area contributed by atoms with Gasteiger partial charge in [0.2, 0.25) is 0 Å². The summed E-state index contributed by atoms with van der Waals surface area (Å²) < 4.78 is 10.3. The van der Waals surface area contributed by atoms with Gasteiger partial charge in [-0.15, -0.1) is 0 Å². The van der Waals surface area contributed by atoms with E-state index in [0.29, 0.717) is 12.5 Å². The Morgan fingerprint density at radius 1 is 1.33 bits per heavy atom. The lowest BCUT2D eigenvalue weighted by Crippen LogP contribution is -2.43. The number of likely N-dealkylation sites (N-methyl/N-ethyl adjacent to an activating group) is 1. The highest BCUT2D eigenvalue weighted by atomic mass is 31.0. The average molecular weight is 211 g/mol. The lowest BCUT2D eigenvalue weighted by molar-refractivity contribution is 0.109. The largest absolute Gasteiger partial charge is 0.364 e. The van der Waals surface area contributed by atoms with Gasteiger partial charge in [0.15, 0.2) is 0 Å². The molecular formula is C7H19NO2P2. The van der Waals surface area contributed by atoms with Crippen molar-refractivity contribution < 1.29 is 9.05 Å². The fourth-order valence-electron chi connectivity index (χ4n) is 1.16. The van der Waals surface area contributed by atoms with E-state index in [4.69, 9.17) is 9.05 Å². The molecule has 4 unspecified atom stereocenters. The van der Waals surface area contributed by atoms with Gasteiger partial charge >= 0.3 is 0 Å². The van der Waals surface area contributed by atoms with E-state index in [1.165, 1.54) is 0 Å². The molecule has 0 saturated heterocycles. The van der Waals surface area contributed by atoms with Gasteiger partial charge < -0.3 is 14.4 Å². The third-order valence-corrected chi connectivity index (χ3v) is 2.36. The Bertz CT molecular complexity index is 114. The first-order valence-corrected chi connectivity index (χ1v) is 4.96. The summed E-state index contributed by atoms with van der Waals surface area (Å²) in [5.74, 6) is 0.472. The Morgan fingerprint density at radius 2 is 1.92 bits per heavy atom. The summed E-state index contributed by atoms with van der Waals surface area (Å²) in [6, 6.07) is 0.236. The number of hydrogen-bond acceptors (Lipinski definition) is 3. The zero-order valence-electron chi connectivity index (χ0n) is 7.91. The molecule has 74 valence electrons. The number of hydrogen-bond donors (Lipinski definition) is 1. The topological polar surface area (TPSA) is 30.5 Å². The van der Waals surface area contributed by atoms with Crippen LogP contribution in [-0.2, 0) is 9.05 Å². The Hall–Kier alpha value is 0.740. The Kier molecular flexibility index (Phi) is 7.62. The molecule has 0 rings (SSSR count). The molecule has 0 aromatic rings. The summed E-state index contributed by atoms with van der Waals surface area (Å²) in [5, 5.41) is 3.16. The van der Waals surface area contributed by atoms with Crippen molar-refractivity contribution >= 4 is 18.9 Å². The minimum atomic E-state index is 0.167. The zero-order chi connectivity index (χ0) is 9.56. The first-order valence-electron chi connectivity index (χ1n) is 4.01. The molecule has 0 aromatic carbocycles. The molecule has 0 aromatic heterocycles. The van der Waals surface area contributed by atoms with E-state index in [1.54, 1.807) is 0 Å². The monoisotopic (exact) mass is 211 g/mol. The summed E-state index contributed by atoms with van der Waals surface area (Å²) in [6.45, 7) is 4.89. The van der Waals surface area contributed by atoms with Crippen LogP contribution in [0.3, 0.4) is 0 Å². The summed E-state index contributed by atoms with van der Waals surface area (Å²) in [6.07, 6.45) is 0.167. The van der Waals surface area contributed by atoms with Gasteiger partial charge in [-0.2, -0.15) is 0 Å². The van der Waals surface area contributed by atoms with Crippen LogP contribution in [0.25, 0.3) is 0 Å². The van der Waals surface area contributed by atoms with E-state index in [-0.39, 0.29) is 12.1 Å². The molecule has 0 aliphatic heterocycles. The highest BCUT2D eigenvalue weighted by Gasteiger charge is 2.22. The molecule has 0 bridgehead atoms. The number of nitrogens with one attached hydrogen (secondary N) is 1. The van der Waals surface area contributed by atoms with Crippen molar-refractivity contribution in [2.24, 2.45) is 5.92 Å². The molecule has 3 nitrogen and oxygen atoms in total. The molecule has 12 heavy (non-hydrogen) atoms. The predicted molar refractivity (Wildman–Crippen MR) is 57.9 cm³/mol.